The molecule has 0 saturated carbocycles. The van der Waals surface area contributed by atoms with Gasteiger partial charge in [-0.15, -0.1) is 0 Å². The van der Waals surface area contributed by atoms with Crippen molar-refractivity contribution in [1.82, 2.24) is 4.90 Å². The van der Waals surface area contributed by atoms with Crippen molar-refractivity contribution in [2.24, 2.45) is 11.8 Å². The van der Waals surface area contributed by atoms with Gasteiger partial charge in [0.2, 0.25) is 15.0 Å². The second-order valence-corrected chi connectivity index (χ2v) is 7.63. The highest BCUT2D eigenvalue weighted by Gasteiger charge is 2.33. The summed E-state index contributed by atoms with van der Waals surface area (Å²) in [6.45, 7) is 2.63. The van der Waals surface area contributed by atoms with Gasteiger partial charge in [-0.2, -0.15) is 0 Å². The standard InChI is InChI=1S/C10H16ClNO4S/c11-17(14,15)7-9-3-10(13)12(5-9)4-8-1-2-16-6-8/h8-9H,1-7H2. The number of carbonyl (C=O) groups is 1. The zero-order valence-corrected chi connectivity index (χ0v) is 11.0. The Morgan fingerprint density at radius 2 is 2.18 bits per heavy atom. The van der Waals surface area contributed by atoms with Crippen LogP contribution in [-0.2, 0) is 18.6 Å². The molecule has 0 N–H and O–H groups in total. The molecule has 0 radical (unpaired) electrons. The van der Waals surface area contributed by atoms with Gasteiger partial charge in [0.25, 0.3) is 0 Å². The van der Waals surface area contributed by atoms with Crippen molar-refractivity contribution >= 4 is 25.6 Å². The first-order chi connectivity index (χ1) is 7.94. The molecule has 0 aromatic carbocycles. The van der Waals surface area contributed by atoms with Crippen molar-refractivity contribution in [3.05, 3.63) is 0 Å². The maximum atomic E-state index is 11.7. The molecular formula is C10H16ClNO4S. The number of amides is 1. The van der Waals surface area contributed by atoms with Gasteiger partial charge in [-0.25, -0.2) is 8.42 Å². The van der Waals surface area contributed by atoms with Crippen molar-refractivity contribution in [1.29, 1.82) is 0 Å². The molecule has 2 fully saturated rings. The van der Waals surface area contributed by atoms with Gasteiger partial charge in [-0.1, -0.05) is 0 Å². The zero-order valence-electron chi connectivity index (χ0n) is 9.47. The quantitative estimate of drug-likeness (QED) is 0.702. The summed E-state index contributed by atoms with van der Waals surface area (Å²) in [5.74, 6) is 0.151. The highest BCUT2D eigenvalue weighted by Crippen LogP contribution is 2.23. The average molecular weight is 282 g/mol. The Bertz CT molecular complexity index is 391. The number of rotatable bonds is 4. The summed E-state index contributed by atoms with van der Waals surface area (Å²) >= 11 is 0. The van der Waals surface area contributed by atoms with Crippen molar-refractivity contribution in [2.75, 3.05) is 32.1 Å². The van der Waals surface area contributed by atoms with Crippen LogP contribution in [0.15, 0.2) is 0 Å². The number of hydrogen-bond donors (Lipinski definition) is 0. The molecule has 7 heteroatoms. The predicted octanol–water partition coefficient (Wildman–Crippen LogP) is 0.440. The van der Waals surface area contributed by atoms with Crippen LogP contribution < -0.4 is 0 Å². The summed E-state index contributed by atoms with van der Waals surface area (Å²) in [4.78, 5) is 13.4. The maximum Gasteiger partial charge on any atom is 0.232 e. The third kappa shape index (κ3) is 3.82. The van der Waals surface area contributed by atoms with E-state index in [0.29, 0.717) is 32.0 Å². The Morgan fingerprint density at radius 1 is 1.41 bits per heavy atom. The Hall–Kier alpha value is -0.330. The minimum Gasteiger partial charge on any atom is -0.381 e. The van der Waals surface area contributed by atoms with Gasteiger partial charge in [0.05, 0.1) is 12.4 Å². The second-order valence-electron chi connectivity index (χ2n) is 4.80. The number of carbonyl (C=O) groups excluding carboxylic acids is 1. The molecule has 98 valence electrons. The van der Waals surface area contributed by atoms with Crippen molar-refractivity contribution < 1.29 is 17.9 Å². The van der Waals surface area contributed by atoms with Gasteiger partial charge in [0.1, 0.15) is 0 Å². The molecule has 5 nitrogen and oxygen atoms in total. The fourth-order valence-electron chi connectivity index (χ4n) is 2.46. The third-order valence-electron chi connectivity index (χ3n) is 3.23. The first kappa shape index (κ1) is 13.1. The van der Waals surface area contributed by atoms with Gasteiger partial charge in [-0.05, 0) is 6.42 Å². The summed E-state index contributed by atoms with van der Waals surface area (Å²) in [6, 6.07) is 0. The Labute approximate surface area is 105 Å². The number of halogens is 1. The Kier molecular flexibility index (Phi) is 3.95. The van der Waals surface area contributed by atoms with E-state index in [-0.39, 0.29) is 17.6 Å². The van der Waals surface area contributed by atoms with Crippen LogP contribution in [0.3, 0.4) is 0 Å². The maximum absolute atomic E-state index is 11.7. The zero-order chi connectivity index (χ0) is 12.5. The van der Waals surface area contributed by atoms with Crippen LogP contribution in [0, 0.1) is 11.8 Å². The number of hydrogen-bond acceptors (Lipinski definition) is 4. The van der Waals surface area contributed by atoms with Crippen molar-refractivity contribution in [3.63, 3.8) is 0 Å². The number of likely N-dealkylation sites (tertiary alicyclic amines) is 1. The monoisotopic (exact) mass is 281 g/mol. The largest absolute Gasteiger partial charge is 0.381 e. The Morgan fingerprint density at radius 3 is 2.76 bits per heavy atom. The lowest BCUT2D eigenvalue weighted by Gasteiger charge is -2.19. The molecule has 2 unspecified atom stereocenters. The first-order valence-electron chi connectivity index (χ1n) is 5.72. The summed E-state index contributed by atoms with van der Waals surface area (Å²) in [5, 5.41) is 0. The van der Waals surface area contributed by atoms with Gasteiger partial charge < -0.3 is 9.64 Å². The van der Waals surface area contributed by atoms with Crippen LogP contribution in [-0.4, -0.2) is 51.3 Å². The van der Waals surface area contributed by atoms with Gasteiger partial charge in [-0.3, -0.25) is 4.79 Å². The molecule has 0 spiro atoms. The molecule has 2 aliphatic rings. The smallest absolute Gasteiger partial charge is 0.232 e. The van der Waals surface area contributed by atoms with Gasteiger partial charge in [0.15, 0.2) is 0 Å². The molecule has 17 heavy (non-hydrogen) atoms. The van der Waals surface area contributed by atoms with Crippen molar-refractivity contribution in [2.45, 2.75) is 12.8 Å². The topological polar surface area (TPSA) is 63.7 Å². The van der Waals surface area contributed by atoms with Crippen LogP contribution in [0.2, 0.25) is 0 Å². The van der Waals surface area contributed by atoms with Crippen LogP contribution in [0.5, 0.6) is 0 Å². The molecule has 2 saturated heterocycles. The van der Waals surface area contributed by atoms with Crippen LogP contribution in [0.25, 0.3) is 0 Å². The normalized spacial score (nSPS) is 30.2. The molecular weight excluding hydrogens is 266 g/mol. The first-order valence-corrected chi connectivity index (χ1v) is 8.20. The van der Waals surface area contributed by atoms with Crippen LogP contribution >= 0.6 is 10.7 Å². The molecule has 0 aliphatic carbocycles. The lowest BCUT2D eigenvalue weighted by atomic mass is 10.1. The molecule has 2 rings (SSSR count). The average Bonchev–Trinajstić information content (AvgIpc) is 2.75. The lowest BCUT2D eigenvalue weighted by molar-refractivity contribution is -0.128. The van der Waals surface area contributed by atoms with Gasteiger partial charge >= 0.3 is 0 Å². The van der Waals surface area contributed by atoms with E-state index in [9.17, 15) is 13.2 Å². The molecule has 0 aromatic heterocycles. The van der Waals surface area contributed by atoms with E-state index in [1.165, 1.54) is 0 Å². The summed E-state index contributed by atoms with van der Waals surface area (Å²) in [6.07, 6.45) is 1.27. The highest BCUT2D eigenvalue weighted by atomic mass is 35.7. The van der Waals surface area contributed by atoms with Crippen LogP contribution in [0.1, 0.15) is 12.8 Å². The molecule has 0 bridgehead atoms. The minimum absolute atomic E-state index is 0.0298. The van der Waals surface area contributed by atoms with E-state index in [0.717, 1.165) is 13.0 Å². The highest BCUT2D eigenvalue weighted by molar-refractivity contribution is 8.13. The summed E-state index contributed by atoms with van der Waals surface area (Å²) in [5.41, 5.74) is 0. The lowest BCUT2D eigenvalue weighted by Crippen LogP contribution is -2.31. The molecule has 2 heterocycles. The minimum atomic E-state index is -3.51. The van der Waals surface area contributed by atoms with E-state index >= 15 is 0 Å². The van der Waals surface area contributed by atoms with E-state index in [1.807, 2.05) is 0 Å². The van der Waals surface area contributed by atoms with Crippen molar-refractivity contribution in [3.8, 4) is 0 Å². The fraction of sp³-hybridized carbons (Fsp3) is 0.900. The summed E-state index contributed by atoms with van der Waals surface area (Å²) in [7, 11) is 1.69. The molecule has 2 aliphatic heterocycles. The second kappa shape index (κ2) is 5.12. The van der Waals surface area contributed by atoms with E-state index < -0.39 is 9.05 Å². The van der Waals surface area contributed by atoms with E-state index in [2.05, 4.69) is 0 Å². The fourth-order valence-corrected chi connectivity index (χ4v) is 3.78. The molecule has 0 aromatic rings. The van der Waals surface area contributed by atoms with E-state index in [4.69, 9.17) is 15.4 Å². The van der Waals surface area contributed by atoms with E-state index in [1.54, 1.807) is 4.90 Å². The number of nitrogens with zero attached hydrogens (tertiary/aromatic N) is 1. The van der Waals surface area contributed by atoms with Gasteiger partial charge in [0, 0.05) is 48.6 Å². The summed E-state index contributed by atoms with van der Waals surface area (Å²) < 4.78 is 27.2. The number of ether oxygens (including phenoxy) is 1. The predicted molar refractivity (Wildman–Crippen MR) is 63.3 cm³/mol. The third-order valence-corrected chi connectivity index (χ3v) is 4.48. The van der Waals surface area contributed by atoms with Crippen LogP contribution in [0.4, 0.5) is 0 Å². The SMILES string of the molecule is O=C1CC(CS(=O)(=O)Cl)CN1CC1CCOC1. The Balaban J connectivity index is 1.86. The molecule has 1 amide bonds. The molecule has 2 atom stereocenters.